The highest BCUT2D eigenvalue weighted by Crippen LogP contribution is 2.40. The predicted octanol–water partition coefficient (Wildman–Crippen LogP) is 3.98. The van der Waals surface area contributed by atoms with E-state index in [9.17, 15) is 4.39 Å². The fourth-order valence-electron chi connectivity index (χ4n) is 2.16. The van der Waals surface area contributed by atoms with Crippen LogP contribution < -0.4 is 11.3 Å². The van der Waals surface area contributed by atoms with Crippen LogP contribution in [0.15, 0.2) is 16.6 Å². The van der Waals surface area contributed by atoms with E-state index in [4.69, 9.17) is 17.4 Å². The normalized spacial score (nSPS) is 25.3. The molecule has 0 bridgehead atoms. The Bertz CT molecular complexity index is 464. The number of thioether (sulfide) groups is 2. The summed E-state index contributed by atoms with van der Waals surface area (Å²) in [6, 6.07) is 3.26. The monoisotopic (exact) mass is 384 g/mol. The molecule has 1 aromatic carbocycles. The van der Waals surface area contributed by atoms with Crippen molar-refractivity contribution in [3.05, 3.63) is 33.0 Å². The third-order valence-corrected chi connectivity index (χ3v) is 7.60. The minimum Gasteiger partial charge on any atom is -0.271 e. The summed E-state index contributed by atoms with van der Waals surface area (Å²) in [6.07, 6.45) is 0. The van der Waals surface area contributed by atoms with Gasteiger partial charge in [0.05, 0.1) is 11.1 Å². The fourth-order valence-corrected chi connectivity index (χ4v) is 5.56. The summed E-state index contributed by atoms with van der Waals surface area (Å²) in [5.41, 5.74) is 3.29. The Kier molecular flexibility index (Phi) is 5.87. The molecule has 3 unspecified atom stereocenters. The standard InChI is InChI=1S/C12H15BrClFN2S2/c1-6-12(19-5-4-18-6)11(17-16)7-2-3-8(13)9(14)10(7)15/h2-3,6,11-12,17H,4-5,16H2,1H3. The van der Waals surface area contributed by atoms with E-state index < -0.39 is 5.82 Å². The highest BCUT2D eigenvalue weighted by molar-refractivity contribution is 9.10. The lowest BCUT2D eigenvalue weighted by Crippen LogP contribution is -2.41. The molecule has 0 saturated carbocycles. The van der Waals surface area contributed by atoms with Crippen LogP contribution in [0.3, 0.4) is 0 Å². The molecule has 0 aliphatic carbocycles. The zero-order valence-electron chi connectivity index (χ0n) is 10.3. The van der Waals surface area contributed by atoms with Crippen LogP contribution in [0.1, 0.15) is 18.5 Å². The van der Waals surface area contributed by atoms with Crippen molar-refractivity contribution in [1.82, 2.24) is 5.43 Å². The molecule has 0 aromatic heterocycles. The summed E-state index contributed by atoms with van der Waals surface area (Å²) in [4.78, 5) is 0. The van der Waals surface area contributed by atoms with E-state index in [1.54, 1.807) is 12.1 Å². The Morgan fingerprint density at radius 3 is 2.79 bits per heavy atom. The van der Waals surface area contributed by atoms with Crippen molar-refractivity contribution < 1.29 is 4.39 Å². The molecule has 0 amide bonds. The number of nitrogens with two attached hydrogens (primary N) is 1. The van der Waals surface area contributed by atoms with Crippen molar-refractivity contribution in [2.24, 2.45) is 5.84 Å². The molecule has 7 heteroatoms. The van der Waals surface area contributed by atoms with Gasteiger partial charge in [0.15, 0.2) is 0 Å². The van der Waals surface area contributed by atoms with Crippen molar-refractivity contribution in [2.75, 3.05) is 11.5 Å². The third kappa shape index (κ3) is 3.41. The Morgan fingerprint density at radius 1 is 1.47 bits per heavy atom. The topological polar surface area (TPSA) is 38.0 Å². The molecule has 3 atom stereocenters. The van der Waals surface area contributed by atoms with Crippen molar-refractivity contribution in [3.8, 4) is 0 Å². The van der Waals surface area contributed by atoms with E-state index in [0.717, 1.165) is 11.5 Å². The van der Waals surface area contributed by atoms with Crippen LogP contribution in [0.25, 0.3) is 0 Å². The van der Waals surface area contributed by atoms with Gasteiger partial charge in [0, 0.05) is 32.0 Å². The number of halogens is 3. The lowest BCUT2D eigenvalue weighted by Gasteiger charge is -2.34. The zero-order valence-corrected chi connectivity index (χ0v) is 14.3. The van der Waals surface area contributed by atoms with Crippen LogP contribution >= 0.6 is 51.1 Å². The van der Waals surface area contributed by atoms with E-state index in [2.05, 4.69) is 28.3 Å². The molecule has 2 nitrogen and oxygen atoms in total. The van der Waals surface area contributed by atoms with Gasteiger partial charge < -0.3 is 0 Å². The van der Waals surface area contributed by atoms with Crippen molar-refractivity contribution in [3.63, 3.8) is 0 Å². The Hall–Kier alpha value is 0.540. The van der Waals surface area contributed by atoms with E-state index in [-0.39, 0.29) is 16.3 Å². The number of hydrogen-bond acceptors (Lipinski definition) is 4. The Labute approximate surface area is 134 Å². The molecule has 0 radical (unpaired) electrons. The minimum atomic E-state index is -0.401. The van der Waals surface area contributed by atoms with Crippen LogP contribution in [-0.2, 0) is 0 Å². The van der Waals surface area contributed by atoms with Gasteiger partial charge in [-0.1, -0.05) is 24.6 Å². The third-order valence-electron chi connectivity index (χ3n) is 3.15. The molecular weight excluding hydrogens is 371 g/mol. The highest BCUT2D eigenvalue weighted by Gasteiger charge is 2.33. The van der Waals surface area contributed by atoms with Gasteiger partial charge in [-0.3, -0.25) is 11.3 Å². The summed E-state index contributed by atoms with van der Waals surface area (Å²) < 4.78 is 14.9. The Morgan fingerprint density at radius 2 is 2.16 bits per heavy atom. The largest absolute Gasteiger partial charge is 0.271 e. The molecule has 1 aliphatic rings. The molecule has 1 saturated heterocycles. The number of benzene rings is 1. The van der Waals surface area contributed by atoms with E-state index >= 15 is 0 Å². The fraction of sp³-hybridized carbons (Fsp3) is 0.500. The summed E-state index contributed by atoms with van der Waals surface area (Å²) in [7, 11) is 0. The van der Waals surface area contributed by atoms with Gasteiger partial charge in [-0.2, -0.15) is 23.5 Å². The zero-order chi connectivity index (χ0) is 14.0. The van der Waals surface area contributed by atoms with E-state index in [1.165, 1.54) is 0 Å². The van der Waals surface area contributed by atoms with Crippen LogP contribution in [-0.4, -0.2) is 22.0 Å². The number of rotatable bonds is 3. The SMILES string of the molecule is CC1SCCSC1C(NN)c1ccc(Br)c(Cl)c1F. The molecule has 0 spiro atoms. The van der Waals surface area contributed by atoms with Gasteiger partial charge in [-0.15, -0.1) is 0 Å². The van der Waals surface area contributed by atoms with Crippen LogP contribution in [0.2, 0.25) is 5.02 Å². The van der Waals surface area contributed by atoms with Crippen LogP contribution in [0, 0.1) is 5.82 Å². The first-order valence-electron chi connectivity index (χ1n) is 5.89. The van der Waals surface area contributed by atoms with Crippen molar-refractivity contribution >= 4 is 51.1 Å². The first-order valence-corrected chi connectivity index (χ1v) is 9.15. The lowest BCUT2D eigenvalue weighted by atomic mass is 10.0. The average Bonchev–Trinajstić information content (AvgIpc) is 2.41. The molecule has 106 valence electrons. The van der Waals surface area contributed by atoms with Crippen LogP contribution in [0.5, 0.6) is 0 Å². The molecule has 3 N–H and O–H groups in total. The molecular formula is C12H15BrClFN2S2. The maximum absolute atomic E-state index is 14.3. The molecule has 1 aliphatic heterocycles. The summed E-state index contributed by atoms with van der Waals surface area (Å²) in [6.45, 7) is 2.16. The number of nitrogens with one attached hydrogen (secondary N) is 1. The maximum Gasteiger partial charge on any atom is 0.147 e. The van der Waals surface area contributed by atoms with Gasteiger partial charge in [-0.25, -0.2) is 4.39 Å². The van der Waals surface area contributed by atoms with Crippen molar-refractivity contribution in [2.45, 2.75) is 23.5 Å². The number of hydrazine groups is 1. The van der Waals surface area contributed by atoms with Gasteiger partial charge in [0.1, 0.15) is 5.82 Å². The summed E-state index contributed by atoms with van der Waals surface area (Å²) >= 11 is 12.9. The second-order valence-electron chi connectivity index (χ2n) is 4.32. The summed E-state index contributed by atoms with van der Waals surface area (Å²) in [5.74, 6) is 7.45. The van der Waals surface area contributed by atoms with Gasteiger partial charge in [-0.05, 0) is 22.0 Å². The average molecular weight is 386 g/mol. The maximum atomic E-state index is 14.3. The van der Waals surface area contributed by atoms with Gasteiger partial charge in [0.2, 0.25) is 0 Å². The van der Waals surface area contributed by atoms with Gasteiger partial charge >= 0.3 is 0 Å². The number of hydrogen-bond donors (Lipinski definition) is 2. The van der Waals surface area contributed by atoms with Crippen molar-refractivity contribution in [1.29, 1.82) is 0 Å². The second-order valence-corrected chi connectivity index (χ2v) is 8.32. The first-order chi connectivity index (χ1) is 9.06. The second kappa shape index (κ2) is 7.00. The quantitative estimate of drug-likeness (QED) is 0.469. The molecule has 1 fully saturated rings. The highest BCUT2D eigenvalue weighted by atomic mass is 79.9. The lowest BCUT2D eigenvalue weighted by molar-refractivity contribution is 0.494. The predicted molar refractivity (Wildman–Crippen MR) is 87.3 cm³/mol. The van der Waals surface area contributed by atoms with E-state index in [1.807, 2.05) is 23.5 Å². The van der Waals surface area contributed by atoms with Crippen LogP contribution in [0.4, 0.5) is 4.39 Å². The van der Waals surface area contributed by atoms with E-state index in [0.29, 0.717) is 15.3 Å². The molecule has 1 aromatic rings. The smallest absolute Gasteiger partial charge is 0.147 e. The molecule has 2 rings (SSSR count). The Balaban J connectivity index is 2.34. The molecule has 19 heavy (non-hydrogen) atoms. The molecule has 1 heterocycles. The summed E-state index contributed by atoms with van der Waals surface area (Å²) in [5, 5.41) is 0.760. The first kappa shape index (κ1) is 15.9. The minimum absolute atomic E-state index is 0.110. The van der Waals surface area contributed by atoms with Gasteiger partial charge in [0.25, 0.3) is 0 Å².